The maximum absolute atomic E-state index is 5.39. The first-order valence-corrected chi connectivity index (χ1v) is 11.4. The van der Waals surface area contributed by atoms with Crippen LogP contribution < -0.4 is 11.3 Å². The molecular weight excluding hydrogens is 316 g/mol. The molecule has 0 bridgehead atoms. The van der Waals surface area contributed by atoms with Crippen LogP contribution in [0.5, 0.6) is 0 Å². The number of hydrogen-bond donors (Lipinski definition) is 2. The molecule has 0 atom stereocenters. The van der Waals surface area contributed by atoms with Gasteiger partial charge in [0.05, 0.1) is 0 Å². The third kappa shape index (κ3) is 13.2. The predicted molar refractivity (Wildman–Crippen MR) is 118 cm³/mol. The standard InChI is InChI=1S/C24H44N2/c1-2-3-4-5-6-7-8-9-10-11-12-13-14-15-16-17-18-23-19-21-24(26-25)22-20-23/h19-22,26H,2-18,25H2,1H3. The minimum atomic E-state index is 0.987. The molecule has 0 radical (unpaired) electrons. The molecule has 2 nitrogen and oxygen atoms in total. The van der Waals surface area contributed by atoms with E-state index in [1.165, 1.54) is 115 Å². The number of hydrogen-bond acceptors (Lipinski definition) is 2. The van der Waals surface area contributed by atoms with E-state index in [-0.39, 0.29) is 0 Å². The van der Waals surface area contributed by atoms with Crippen LogP contribution in [0, 0.1) is 0 Å². The molecule has 1 aromatic carbocycles. The van der Waals surface area contributed by atoms with Crippen molar-refractivity contribution in [1.82, 2.24) is 0 Å². The van der Waals surface area contributed by atoms with Gasteiger partial charge in [-0.15, -0.1) is 0 Å². The largest absolute Gasteiger partial charge is 0.324 e. The number of nitrogens with one attached hydrogen (secondary N) is 1. The summed E-state index contributed by atoms with van der Waals surface area (Å²) in [6.07, 6.45) is 24.1. The summed E-state index contributed by atoms with van der Waals surface area (Å²) >= 11 is 0. The maximum atomic E-state index is 5.39. The summed E-state index contributed by atoms with van der Waals surface area (Å²) in [5.41, 5.74) is 5.09. The lowest BCUT2D eigenvalue weighted by Gasteiger charge is -2.05. The number of nitrogens with two attached hydrogens (primary N) is 1. The van der Waals surface area contributed by atoms with Gasteiger partial charge in [0.25, 0.3) is 0 Å². The Balaban J connectivity index is 1.76. The number of nitrogen functional groups attached to an aromatic ring is 1. The van der Waals surface area contributed by atoms with Crippen molar-refractivity contribution >= 4 is 5.69 Å². The Labute approximate surface area is 163 Å². The van der Waals surface area contributed by atoms with E-state index >= 15 is 0 Å². The topological polar surface area (TPSA) is 38.0 Å². The number of rotatable bonds is 18. The van der Waals surface area contributed by atoms with E-state index in [2.05, 4.69) is 36.6 Å². The molecule has 1 aromatic rings. The number of hydrazine groups is 1. The van der Waals surface area contributed by atoms with Gasteiger partial charge in [-0.1, -0.05) is 115 Å². The van der Waals surface area contributed by atoms with Crippen molar-refractivity contribution in [3.05, 3.63) is 29.8 Å². The number of unbranched alkanes of at least 4 members (excludes halogenated alkanes) is 15. The summed E-state index contributed by atoms with van der Waals surface area (Å²) in [5, 5.41) is 0. The lowest BCUT2D eigenvalue weighted by Crippen LogP contribution is -2.06. The van der Waals surface area contributed by atoms with E-state index in [1.807, 2.05) is 0 Å². The van der Waals surface area contributed by atoms with Crippen LogP contribution in [0.2, 0.25) is 0 Å². The van der Waals surface area contributed by atoms with Gasteiger partial charge in [0, 0.05) is 5.69 Å². The second-order valence-electron chi connectivity index (χ2n) is 7.89. The van der Waals surface area contributed by atoms with Crippen molar-refractivity contribution in [2.75, 3.05) is 5.43 Å². The molecule has 0 saturated heterocycles. The van der Waals surface area contributed by atoms with Gasteiger partial charge in [-0.3, -0.25) is 5.84 Å². The number of anilines is 1. The Morgan fingerprint density at radius 1 is 0.577 bits per heavy atom. The SMILES string of the molecule is CCCCCCCCCCCCCCCCCCc1ccc(NN)cc1. The zero-order valence-electron chi connectivity index (χ0n) is 17.4. The quantitative estimate of drug-likeness (QED) is 0.159. The Bertz CT molecular complexity index is 399. The molecule has 1 rings (SSSR count). The molecule has 150 valence electrons. The highest BCUT2D eigenvalue weighted by molar-refractivity contribution is 5.43. The van der Waals surface area contributed by atoms with Crippen LogP contribution in [0.3, 0.4) is 0 Å². The van der Waals surface area contributed by atoms with Gasteiger partial charge in [0.2, 0.25) is 0 Å². The Morgan fingerprint density at radius 3 is 1.35 bits per heavy atom. The van der Waals surface area contributed by atoms with E-state index in [0.29, 0.717) is 0 Å². The number of benzene rings is 1. The summed E-state index contributed by atoms with van der Waals surface area (Å²) < 4.78 is 0. The monoisotopic (exact) mass is 360 g/mol. The highest BCUT2D eigenvalue weighted by atomic mass is 15.2. The fraction of sp³-hybridized carbons (Fsp3) is 0.750. The van der Waals surface area contributed by atoms with Crippen molar-refractivity contribution in [3.8, 4) is 0 Å². The highest BCUT2D eigenvalue weighted by Crippen LogP contribution is 2.15. The molecule has 0 spiro atoms. The van der Waals surface area contributed by atoms with Crippen molar-refractivity contribution in [3.63, 3.8) is 0 Å². The average Bonchev–Trinajstić information content (AvgIpc) is 2.68. The van der Waals surface area contributed by atoms with Crippen molar-refractivity contribution in [2.24, 2.45) is 5.84 Å². The van der Waals surface area contributed by atoms with Crippen molar-refractivity contribution in [2.45, 2.75) is 116 Å². The van der Waals surface area contributed by atoms with Gasteiger partial charge < -0.3 is 5.43 Å². The summed E-state index contributed by atoms with van der Waals surface area (Å²) in [6, 6.07) is 8.48. The molecule has 3 N–H and O–H groups in total. The van der Waals surface area contributed by atoms with Crippen LogP contribution in [0.1, 0.15) is 115 Å². The van der Waals surface area contributed by atoms with Gasteiger partial charge in [-0.25, -0.2) is 0 Å². The Hall–Kier alpha value is -1.02. The van der Waals surface area contributed by atoms with Gasteiger partial charge in [0.1, 0.15) is 0 Å². The number of aryl methyl sites for hydroxylation is 1. The highest BCUT2D eigenvalue weighted by Gasteiger charge is 1.96. The molecule has 0 aliphatic carbocycles. The van der Waals surface area contributed by atoms with Crippen LogP contribution in [-0.4, -0.2) is 0 Å². The lowest BCUT2D eigenvalue weighted by atomic mass is 10.0. The van der Waals surface area contributed by atoms with Gasteiger partial charge in [-0.2, -0.15) is 0 Å². The van der Waals surface area contributed by atoms with Crippen LogP contribution in [-0.2, 0) is 6.42 Å². The normalized spacial score (nSPS) is 11.0. The molecule has 0 aromatic heterocycles. The molecule has 0 aliphatic heterocycles. The molecule has 2 heteroatoms. The zero-order chi connectivity index (χ0) is 18.7. The fourth-order valence-electron chi connectivity index (χ4n) is 3.64. The minimum Gasteiger partial charge on any atom is -0.324 e. The first-order valence-electron chi connectivity index (χ1n) is 11.4. The summed E-state index contributed by atoms with van der Waals surface area (Å²) in [7, 11) is 0. The molecule has 0 aliphatic rings. The Kier molecular flexibility index (Phi) is 15.4. The second-order valence-corrected chi connectivity index (χ2v) is 7.89. The molecule has 0 amide bonds. The van der Waals surface area contributed by atoms with E-state index in [0.717, 1.165) is 5.69 Å². The molecule has 0 saturated carbocycles. The van der Waals surface area contributed by atoms with Crippen LogP contribution in [0.4, 0.5) is 5.69 Å². The predicted octanol–water partition coefficient (Wildman–Crippen LogP) is 7.78. The zero-order valence-corrected chi connectivity index (χ0v) is 17.4. The first kappa shape index (κ1) is 23.0. The van der Waals surface area contributed by atoms with Crippen LogP contribution in [0.25, 0.3) is 0 Å². The van der Waals surface area contributed by atoms with Crippen LogP contribution >= 0.6 is 0 Å². The lowest BCUT2D eigenvalue weighted by molar-refractivity contribution is 0.529. The molecule has 0 heterocycles. The molecule has 0 unspecified atom stereocenters. The van der Waals surface area contributed by atoms with Crippen molar-refractivity contribution < 1.29 is 0 Å². The van der Waals surface area contributed by atoms with E-state index in [9.17, 15) is 0 Å². The average molecular weight is 361 g/mol. The smallest absolute Gasteiger partial charge is 0.0485 e. The van der Waals surface area contributed by atoms with E-state index in [4.69, 9.17) is 5.84 Å². The maximum Gasteiger partial charge on any atom is 0.0485 e. The summed E-state index contributed by atoms with van der Waals surface area (Å²) in [4.78, 5) is 0. The van der Waals surface area contributed by atoms with E-state index < -0.39 is 0 Å². The van der Waals surface area contributed by atoms with E-state index in [1.54, 1.807) is 0 Å². The first-order chi connectivity index (χ1) is 12.9. The molecular formula is C24H44N2. The third-order valence-corrected chi connectivity index (χ3v) is 5.44. The second kappa shape index (κ2) is 17.4. The third-order valence-electron chi connectivity index (χ3n) is 5.44. The van der Waals surface area contributed by atoms with Crippen LogP contribution in [0.15, 0.2) is 24.3 Å². The Morgan fingerprint density at radius 2 is 0.962 bits per heavy atom. The molecule has 26 heavy (non-hydrogen) atoms. The van der Waals surface area contributed by atoms with Gasteiger partial charge in [-0.05, 0) is 30.5 Å². The molecule has 0 fully saturated rings. The van der Waals surface area contributed by atoms with Gasteiger partial charge >= 0.3 is 0 Å². The van der Waals surface area contributed by atoms with Gasteiger partial charge in [0.15, 0.2) is 0 Å². The minimum absolute atomic E-state index is 0.987. The fourth-order valence-corrected chi connectivity index (χ4v) is 3.64. The van der Waals surface area contributed by atoms with Crippen molar-refractivity contribution in [1.29, 1.82) is 0 Å². The summed E-state index contributed by atoms with van der Waals surface area (Å²) in [6.45, 7) is 2.29. The summed E-state index contributed by atoms with van der Waals surface area (Å²) in [5.74, 6) is 5.39.